The van der Waals surface area contributed by atoms with Gasteiger partial charge in [0.25, 0.3) is 0 Å². The number of fused-ring (bicyclic) bond motifs is 1. The van der Waals surface area contributed by atoms with Crippen LogP contribution in [-0.2, 0) is 17.6 Å². The average Bonchev–Trinajstić information content (AvgIpc) is 2.98. The van der Waals surface area contributed by atoms with Crippen LogP contribution in [0, 0.1) is 5.92 Å². The number of anilines is 1. The molecular formula is C14H18F3N3OS. The molecule has 0 saturated carbocycles. The van der Waals surface area contributed by atoms with Gasteiger partial charge in [0.2, 0.25) is 5.91 Å². The first-order valence-electron chi connectivity index (χ1n) is 7.49. The van der Waals surface area contributed by atoms with Crippen LogP contribution >= 0.6 is 11.3 Å². The molecule has 3 rings (SSSR count). The largest absolute Gasteiger partial charge is 0.401 e. The second-order valence-electron chi connectivity index (χ2n) is 5.90. The Labute approximate surface area is 130 Å². The van der Waals surface area contributed by atoms with Gasteiger partial charge < -0.3 is 5.32 Å². The Balaban J connectivity index is 1.49. The number of carbonyl (C=O) groups excluding carboxylic acids is 1. The van der Waals surface area contributed by atoms with E-state index < -0.39 is 12.7 Å². The highest BCUT2D eigenvalue weighted by Crippen LogP contribution is 2.31. The van der Waals surface area contributed by atoms with Gasteiger partial charge in [0.15, 0.2) is 5.13 Å². The maximum atomic E-state index is 12.3. The first kappa shape index (κ1) is 15.7. The second kappa shape index (κ2) is 6.16. The molecule has 2 heterocycles. The number of hydrogen-bond acceptors (Lipinski definition) is 4. The van der Waals surface area contributed by atoms with E-state index in [0.29, 0.717) is 31.1 Å². The van der Waals surface area contributed by atoms with Gasteiger partial charge in [0, 0.05) is 10.8 Å². The van der Waals surface area contributed by atoms with Crippen molar-refractivity contribution >= 4 is 22.4 Å². The van der Waals surface area contributed by atoms with Gasteiger partial charge in [-0.15, -0.1) is 11.3 Å². The Morgan fingerprint density at radius 3 is 2.68 bits per heavy atom. The summed E-state index contributed by atoms with van der Waals surface area (Å²) in [6.45, 7) is -0.265. The summed E-state index contributed by atoms with van der Waals surface area (Å²) in [5, 5.41) is 3.46. The number of rotatable bonds is 3. The molecule has 122 valence electrons. The standard InChI is InChI=1S/C14H18F3N3OS/c15-14(16,17)8-20-6-4-9(5-7-20)12(21)19-13-18-10-2-1-3-11(10)22-13/h9H,1-8H2,(H,18,19,21). The molecule has 0 aromatic carbocycles. The molecule has 1 aromatic heterocycles. The summed E-state index contributed by atoms with van der Waals surface area (Å²) >= 11 is 1.52. The molecule has 1 N–H and O–H groups in total. The highest BCUT2D eigenvalue weighted by atomic mass is 32.1. The summed E-state index contributed by atoms with van der Waals surface area (Å²) < 4.78 is 37.0. The molecule has 0 radical (unpaired) electrons. The molecule has 8 heteroatoms. The number of halogens is 3. The summed E-state index contributed by atoms with van der Waals surface area (Å²) in [5.41, 5.74) is 1.08. The molecular weight excluding hydrogens is 315 g/mol. The molecule has 0 atom stereocenters. The van der Waals surface area contributed by atoms with Gasteiger partial charge in [-0.3, -0.25) is 9.69 Å². The topological polar surface area (TPSA) is 45.2 Å². The van der Waals surface area contributed by atoms with Gasteiger partial charge in [-0.1, -0.05) is 0 Å². The van der Waals surface area contributed by atoms with Crippen LogP contribution < -0.4 is 5.32 Å². The van der Waals surface area contributed by atoms with Crippen molar-refractivity contribution in [2.75, 3.05) is 25.0 Å². The van der Waals surface area contributed by atoms with Crippen molar-refractivity contribution in [3.63, 3.8) is 0 Å². The lowest BCUT2D eigenvalue weighted by molar-refractivity contribution is -0.149. The molecule has 1 aromatic rings. The normalized spacial score (nSPS) is 20.1. The molecule has 0 bridgehead atoms. The first-order chi connectivity index (χ1) is 10.4. The van der Waals surface area contributed by atoms with Gasteiger partial charge in [-0.2, -0.15) is 13.2 Å². The number of likely N-dealkylation sites (tertiary alicyclic amines) is 1. The Hall–Kier alpha value is -1.15. The molecule has 1 amide bonds. The average molecular weight is 333 g/mol. The van der Waals surface area contributed by atoms with Crippen molar-refractivity contribution in [2.45, 2.75) is 38.3 Å². The van der Waals surface area contributed by atoms with E-state index in [-0.39, 0.29) is 11.8 Å². The lowest BCUT2D eigenvalue weighted by Gasteiger charge is -2.31. The van der Waals surface area contributed by atoms with Crippen molar-refractivity contribution in [1.82, 2.24) is 9.88 Å². The fraction of sp³-hybridized carbons (Fsp3) is 0.714. The number of amides is 1. The smallest absolute Gasteiger partial charge is 0.302 e. The van der Waals surface area contributed by atoms with E-state index in [2.05, 4.69) is 10.3 Å². The van der Waals surface area contributed by atoms with E-state index in [1.807, 2.05) is 0 Å². The summed E-state index contributed by atoms with van der Waals surface area (Å²) in [4.78, 5) is 19.2. The Kier molecular flexibility index (Phi) is 4.40. The molecule has 2 aliphatic rings. The molecule has 1 aliphatic carbocycles. The van der Waals surface area contributed by atoms with E-state index in [4.69, 9.17) is 0 Å². The molecule has 4 nitrogen and oxygen atoms in total. The highest BCUT2D eigenvalue weighted by Gasteiger charge is 2.34. The zero-order chi connectivity index (χ0) is 15.7. The van der Waals surface area contributed by atoms with Crippen molar-refractivity contribution < 1.29 is 18.0 Å². The van der Waals surface area contributed by atoms with Crippen LogP contribution in [0.15, 0.2) is 0 Å². The van der Waals surface area contributed by atoms with Crippen LogP contribution in [0.2, 0.25) is 0 Å². The third kappa shape index (κ3) is 3.78. The maximum absolute atomic E-state index is 12.3. The maximum Gasteiger partial charge on any atom is 0.401 e. The van der Waals surface area contributed by atoms with Crippen LogP contribution in [0.4, 0.5) is 18.3 Å². The number of piperidine rings is 1. The summed E-state index contributed by atoms with van der Waals surface area (Å²) in [5.74, 6) is -0.331. The minimum Gasteiger partial charge on any atom is -0.302 e. The molecule has 22 heavy (non-hydrogen) atoms. The fourth-order valence-corrected chi connectivity index (χ4v) is 4.11. The number of carbonyl (C=O) groups is 1. The van der Waals surface area contributed by atoms with Crippen LogP contribution in [0.5, 0.6) is 0 Å². The van der Waals surface area contributed by atoms with Crippen molar-refractivity contribution in [3.05, 3.63) is 10.6 Å². The molecule has 1 saturated heterocycles. The summed E-state index contributed by atoms with van der Waals surface area (Å²) in [6.07, 6.45) is -0.118. The molecule has 0 unspecified atom stereocenters. The number of hydrogen-bond donors (Lipinski definition) is 1. The predicted octanol–water partition coefficient (Wildman–Crippen LogP) is 2.84. The number of nitrogens with one attached hydrogen (secondary N) is 1. The SMILES string of the molecule is O=C(Nc1nc2c(s1)CCC2)C1CCN(CC(F)(F)F)CC1. The monoisotopic (exact) mass is 333 g/mol. The van der Waals surface area contributed by atoms with Gasteiger partial charge in [-0.05, 0) is 45.2 Å². The van der Waals surface area contributed by atoms with E-state index in [9.17, 15) is 18.0 Å². The van der Waals surface area contributed by atoms with Gasteiger partial charge in [0.1, 0.15) is 0 Å². The van der Waals surface area contributed by atoms with E-state index in [0.717, 1.165) is 25.0 Å². The van der Waals surface area contributed by atoms with Gasteiger partial charge in [-0.25, -0.2) is 4.98 Å². The predicted molar refractivity (Wildman–Crippen MR) is 78.0 cm³/mol. The summed E-state index contributed by atoms with van der Waals surface area (Å²) in [7, 11) is 0. The third-order valence-corrected chi connectivity index (χ3v) is 5.26. The molecule has 1 aliphatic heterocycles. The Bertz CT molecular complexity index is 529. The lowest BCUT2D eigenvalue weighted by atomic mass is 9.96. The minimum atomic E-state index is -4.17. The van der Waals surface area contributed by atoms with Crippen LogP contribution in [0.25, 0.3) is 0 Å². The van der Waals surface area contributed by atoms with E-state index in [1.54, 1.807) is 0 Å². The van der Waals surface area contributed by atoms with Crippen LogP contribution in [-0.4, -0.2) is 41.6 Å². The number of aryl methyl sites for hydroxylation is 2. The Morgan fingerprint density at radius 2 is 2.05 bits per heavy atom. The highest BCUT2D eigenvalue weighted by molar-refractivity contribution is 7.15. The number of alkyl halides is 3. The second-order valence-corrected chi connectivity index (χ2v) is 6.98. The number of nitrogens with zero attached hydrogens (tertiary/aromatic N) is 2. The van der Waals surface area contributed by atoms with Crippen LogP contribution in [0.3, 0.4) is 0 Å². The van der Waals surface area contributed by atoms with Crippen LogP contribution in [0.1, 0.15) is 29.8 Å². The quantitative estimate of drug-likeness (QED) is 0.925. The third-order valence-electron chi connectivity index (χ3n) is 4.19. The lowest BCUT2D eigenvalue weighted by Crippen LogP contribution is -2.42. The van der Waals surface area contributed by atoms with Crippen molar-refractivity contribution in [3.8, 4) is 0 Å². The fourth-order valence-electron chi connectivity index (χ4n) is 3.06. The number of thiazole rings is 1. The molecule has 0 spiro atoms. The van der Waals surface area contributed by atoms with Gasteiger partial charge in [0.05, 0.1) is 12.2 Å². The zero-order valence-electron chi connectivity index (χ0n) is 12.1. The summed E-state index contributed by atoms with van der Waals surface area (Å²) in [6, 6.07) is 0. The minimum absolute atomic E-state index is 0.112. The molecule has 1 fully saturated rings. The van der Waals surface area contributed by atoms with E-state index >= 15 is 0 Å². The van der Waals surface area contributed by atoms with Crippen molar-refractivity contribution in [2.24, 2.45) is 5.92 Å². The Morgan fingerprint density at radius 1 is 1.32 bits per heavy atom. The van der Waals surface area contributed by atoms with Gasteiger partial charge >= 0.3 is 6.18 Å². The first-order valence-corrected chi connectivity index (χ1v) is 8.31. The number of aromatic nitrogens is 1. The van der Waals surface area contributed by atoms with Crippen molar-refractivity contribution in [1.29, 1.82) is 0 Å². The zero-order valence-corrected chi connectivity index (χ0v) is 12.9. The van der Waals surface area contributed by atoms with E-state index in [1.165, 1.54) is 21.1 Å².